The molecule has 1 aliphatic heterocycles. The summed E-state index contributed by atoms with van der Waals surface area (Å²) >= 11 is 4.99. The van der Waals surface area contributed by atoms with Gasteiger partial charge in [0.1, 0.15) is 0 Å². The standard InChI is InChI=1S/C9H18N2S/c1-3-8-5-4-6-11(8)7(2)9(10)12/h7-8H,3-6H2,1-2H3,(H2,10,12). The van der Waals surface area contributed by atoms with E-state index in [9.17, 15) is 0 Å². The number of thiocarbonyl (C=S) groups is 1. The van der Waals surface area contributed by atoms with Crippen LogP contribution >= 0.6 is 12.2 Å². The van der Waals surface area contributed by atoms with Crippen molar-refractivity contribution in [3.63, 3.8) is 0 Å². The lowest BCUT2D eigenvalue weighted by atomic mass is 10.1. The van der Waals surface area contributed by atoms with Crippen LogP contribution in [0.2, 0.25) is 0 Å². The van der Waals surface area contributed by atoms with Crippen molar-refractivity contribution < 1.29 is 0 Å². The van der Waals surface area contributed by atoms with Gasteiger partial charge in [0, 0.05) is 6.04 Å². The van der Waals surface area contributed by atoms with Crippen LogP contribution in [0.4, 0.5) is 0 Å². The van der Waals surface area contributed by atoms with Gasteiger partial charge in [-0.2, -0.15) is 0 Å². The Bertz CT molecular complexity index is 170. The molecule has 0 bridgehead atoms. The van der Waals surface area contributed by atoms with E-state index < -0.39 is 0 Å². The van der Waals surface area contributed by atoms with Gasteiger partial charge < -0.3 is 5.73 Å². The van der Waals surface area contributed by atoms with Gasteiger partial charge in [-0.1, -0.05) is 19.1 Å². The Labute approximate surface area is 80.1 Å². The molecule has 1 rings (SSSR count). The van der Waals surface area contributed by atoms with Crippen LogP contribution in [0.15, 0.2) is 0 Å². The number of nitrogens with two attached hydrogens (primary N) is 1. The summed E-state index contributed by atoms with van der Waals surface area (Å²) in [6.45, 7) is 5.50. The molecule has 12 heavy (non-hydrogen) atoms. The number of hydrogen-bond donors (Lipinski definition) is 1. The highest BCUT2D eigenvalue weighted by Gasteiger charge is 2.27. The molecule has 0 aliphatic carbocycles. The second kappa shape index (κ2) is 4.19. The van der Waals surface area contributed by atoms with E-state index in [0.29, 0.717) is 11.0 Å². The Kier molecular flexibility index (Phi) is 3.47. The molecule has 2 N–H and O–H groups in total. The van der Waals surface area contributed by atoms with Crippen LogP contribution < -0.4 is 5.73 Å². The zero-order valence-corrected chi connectivity index (χ0v) is 8.73. The maximum atomic E-state index is 5.62. The SMILES string of the molecule is CCC1CCCN1C(C)C(N)=S. The van der Waals surface area contributed by atoms with E-state index in [1.165, 1.54) is 19.3 Å². The Morgan fingerprint density at radius 1 is 1.75 bits per heavy atom. The molecule has 70 valence electrons. The van der Waals surface area contributed by atoms with Crippen LogP contribution in [0.1, 0.15) is 33.1 Å². The van der Waals surface area contributed by atoms with Gasteiger partial charge in [-0.05, 0) is 32.7 Å². The van der Waals surface area contributed by atoms with Crippen LogP contribution in [0.25, 0.3) is 0 Å². The average molecular weight is 186 g/mol. The van der Waals surface area contributed by atoms with Crippen molar-refractivity contribution in [3.8, 4) is 0 Å². The zero-order valence-electron chi connectivity index (χ0n) is 7.92. The quantitative estimate of drug-likeness (QED) is 0.678. The second-order valence-corrected chi connectivity index (χ2v) is 3.99. The first-order chi connectivity index (χ1) is 5.66. The molecule has 1 saturated heterocycles. The van der Waals surface area contributed by atoms with E-state index >= 15 is 0 Å². The molecule has 0 spiro atoms. The molecule has 2 nitrogen and oxygen atoms in total. The molecule has 2 atom stereocenters. The summed E-state index contributed by atoms with van der Waals surface area (Å²) in [5.74, 6) is 0. The van der Waals surface area contributed by atoms with Gasteiger partial charge in [-0.3, -0.25) is 4.90 Å². The highest BCUT2D eigenvalue weighted by molar-refractivity contribution is 7.80. The Hall–Kier alpha value is -0.150. The fraction of sp³-hybridized carbons (Fsp3) is 0.889. The van der Waals surface area contributed by atoms with E-state index in [2.05, 4.69) is 18.7 Å². The lowest BCUT2D eigenvalue weighted by Gasteiger charge is -2.29. The third-order valence-corrected chi connectivity index (χ3v) is 3.14. The van der Waals surface area contributed by atoms with Gasteiger partial charge >= 0.3 is 0 Å². The molecule has 3 heteroatoms. The molecule has 0 amide bonds. The molecule has 1 aliphatic rings. The van der Waals surface area contributed by atoms with Crippen LogP contribution in [-0.4, -0.2) is 28.5 Å². The maximum absolute atomic E-state index is 5.62. The summed E-state index contributed by atoms with van der Waals surface area (Å²) in [6.07, 6.45) is 3.82. The van der Waals surface area contributed by atoms with Crippen molar-refractivity contribution >= 4 is 17.2 Å². The first kappa shape index (κ1) is 9.93. The summed E-state index contributed by atoms with van der Waals surface area (Å²) in [7, 11) is 0. The van der Waals surface area contributed by atoms with Crippen LogP contribution in [0, 0.1) is 0 Å². The second-order valence-electron chi connectivity index (χ2n) is 3.52. The first-order valence-electron chi connectivity index (χ1n) is 4.72. The first-order valence-corrected chi connectivity index (χ1v) is 5.12. The van der Waals surface area contributed by atoms with E-state index in [1.807, 2.05) is 0 Å². The summed E-state index contributed by atoms with van der Waals surface area (Å²) < 4.78 is 0. The van der Waals surface area contributed by atoms with E-state index in [4.69, 9.17) is 18.0 Å². The minimum Gasteiger partial charge on any atom is -0.392 e. The average Bonchev–Trinajstić information content (AvgIpc) is 2.49. The molecule has 0 aromatic heterocycles. The van der Waals surface area contributed by atoms with Crippen molar-refractivity contribution in [2.75, 3.05) is 6.54 Å². The third-order valence-electron chi connectivity index (χ3n) is 2.80. The van der Waals surface area contributed by atoms with Crippen LogP contribution in [0.5, 0.6) is 0 Å². The van der Waals surface area contributed by atoms with Crippen molar-refractivity contribution in [3.05, 3.63) is 0 Å². The Morgan fingerprint density at radius 3 is 2.92 bits per heavy atom. The van der Waals surface area contributed by atoms with Crippen LogP contribution in [0.3, 0.4) is 0 Å². The van der Waals surface area contributed by atoms with Crippen molar-refractivity contribution in [2.45, 2.75) is 45.2 Å². The van der Waals surface area contributed by atoms with Gasteiger partial charge in [-0.25, -0.2) is 0 Å². The molecule has 0 aromatic carbocycles. The number of likely N-dealkylation sites (tertiary alicyclic amines) is 1. The largest absolute Gasteiger partial charge is 0.392 e. The molecular weight excluding hydrogens is 168 g/mol. The summed E-state index contributed by atoms with van der Waals surface area (Å²) in [5, 5.41) is 0. The fourth-order valence-corrected chi connectivity index (χ4v) is 2.11. The van der Waals surface area contributed by atoms with Gasteiger partial charge in [0.05, 0.1) is 11.0 Å². The molecular formula is C9H18N2S. The van der Waals surface area contributed by atoms with Crippen molar-refractivity contribution in [1.29, 1.82) is 0 Å². The highest BCUT2D eigenvalue weighted by atomic mass is 32.1. The van der Waals surface area contributed by atoms with Gasteiger partial charge in [0.15, 0.2) is 0 Å². The van der Waals surface area contributed by atoms with E-state index in [-0.39, 0.29) is 6.04 Å². The van der Waals surface area contributed by atoms with Gasteiger partial charge in [0.25, 0.3) is 0 Å². The van der Waals surface area contributed by atoms with E-state index in [0.717, 1.165) is 6.54 Å². The predicted molar refractivity (Wildman–Crippen MR) is 56.3 cm³/mol. The summed E-state index contributed by atoms with van der Waals surface area (Å²) in [6, 6.07) is 0.994. The summed E-state index contributed by atoms with van der Waals surface area (Å²) in [5.41, 5.74) is 5.62. The molecule has 2 unspecified atom stereocenters. The molecule has 1 fully saturated rings. The van der Waals surface area contributed by atoms with Crippen LogP contribution in [-0.2, 0) is 0 Å². The zero-order chi connectivity index (χ0) is 9.14. The smallest absolute Gasteiger partial charge is 0.0899 e. The molecule has 0 radical (unpaired) electrons. The van der Waals surface area contributed by atoms with Crippen molar-refractivity contribution in [2.24, 2.45) is 5.73 Å². The number of hydrogen-bond acceptors (Lipinski definition) is 2. The van der Waals surface area contributed by atoms with Gasteiger partial charge in [-0.15, -0.1) is 0 Å². The number of nitrogens with zero attached hydrogens (tertiary/aromatic N) is 1. The fourth-order valence-electron chi connectivity index (χ4n) is 1.97. The third kappa shape index (κ3) is 1.96. The lowest BCUT2D eigenvalue weighted by molar-refractivity contribution is 0.229. The highest BCUT2D eigenvalue weighted by Crippen LogP contribution is 2.22. The predicted octanol–water partition coefficient (Wildman–Crippen LogP) is 1.54. The lowest BCUT2D eigenvalue weighted by Crippen LogP contribution is -2.44. The topological polar surface area (TPSA) is 29.3 Å². The Morgan fingerprint density at radius 2 is 2.42 bits per heavy atom. The van der Waals surface area contributed by atoms with Crippen molar-refractivity contribution in [1.82, 2.24) is 4.90 Å². The maximum Gasteiger partial charge on any atom is 0.0899 e. The van der Waals surface area contributed by atoms with E-state index in [1.54, 1.807) is 0 Å². The normalized spacial score (nSPS) is 27.3. The van der Waals surface area contributed by atoms with Gasteiger partial charge in [0.2, 0.25) is 0 Å². The Balaban J connectivity index is 2.55. The molecule has 0 aromatic rings. The minimum absolute atomic E-state index is 0.285. The molecule has 1 heterocycles. The molecule has 0 saturated carbocycles. The minimum atomic E-state index is 0.285. The summed E-state index contributed by atoms with van der Waals surface area (Å²) in [4.78, 5) is 3.07. The number of rotatable bonds is 3. The monoisotopic (exact) mass is 186 g/mol.